The molecule has 4 nitrogen and oxygen atoms in total. The van der Waals surface area contributed by atoms with Crippen molar-refractivity contribution in [2.45, 2.75) is 13.8 Å². The monoisotopic (exact) mass is 269 g/mol. The van der Waals surface area contributed by atoms with E-state index >= 15 is 0 Å². The van der Waals surface area contributed by atoms with Crippen LogP contribution in [0.3, 0.4) is 0 Å². The molecule has 0 aliphatic heterocycles. The van der Waals surface area contributed by atoms with E-state index in [1.54, 1.807) is 31.2 Å². The van der Waals surface area contributed by atoms with Crippen LogP contribution >= 0.6 is 0 Å². The number of nitrogens with one attached hydrogen (secondary N) is 1. The second-order valence-electron chi connectivity index (χ2n) is 4.62. The molecule has 0 aliphatic carbocycles. The number of benzene rings is 2. The quantitative estimate of drug-likeness (QED) is 0.898. The van der Waals surface area contributed by atoms with E-state index in [0.717, 1.165) is 5.56 Å². The Hall–Kier alpha value is -2.62. The van der Waals surface area contributed by atoms with Crippen LogP contribution in [0.15, 0.2) is 42.5 Å². The molecule has 102 valence electrons. The Morgan fingerprint density at radius 2 is 1.65 bits per heavy atom. The number of carbonyl (C=O) groups excluding carboxylic acids is 1. The summed E-state index contributed by atoms with van der Waals surface area (Å²) in [4.78, 5) is 23.3. The number of carboxylic acid groups (broad SMARTS) is 1. The van der Waals surface area contributed by atoms with E-state index in [-0.39, 0.29) is 11.5 Å². The van der Waals surface area contributed by atoms with Crippen molar-refractivity contribution in [1.82, 2.24) is 0 Å². The van der Waals surface area contributed by atoms with E-state index in [0.29, 0.717) is 16.8 Å². The summed E-state index contributed by atoms with van der Waals surface area (Å²) in [6.07, 6.45) is 0. The van der Waals surface area contributed by atoms with Crippen molar-refractivity contribution in [2.24, 2.45) is 0 Å². The highest BCUT2D eigenvalue weighted by molar-refractivity contribution is 6.08. The summed E-state index contributed by atoms with van der Waals surface area (Å²) >= 11 is 0. The molecule has 0 fully saturated rings. The summed E-state index contributed by atoms with van der Waals surface area (Å²) in [7, 11) is 0. The maximum absolute atomic E-state index is 12.1. The van der Waals surface area contributed by atoms with Gasteiger partial charge in [0, 0.05) is 5.56 Å². The summed E-state index contributed by atoms with van der Waals surface area (Å²) in [5.41, 5.74) is 2.69. The number of anilines is 1. The maximum atomic E-state index is 12.1. The van der Waals surface area contributed by atoms with E-state index in [9.17, 15) is 9.59 Å². The van der Waals surface area contributed by atoms with Crippen molar-refractivity contribution in [1.29, 1.82) is 0 Å². The SMILES string of the molecule is Cc1ccc(C(=O)Nc2c(C)cccc2C(=O)O)cc1. The lowest BCUT2D eigenvalue weighted by atomic mass is 10.1. The van der Waals surface area contributed by atoms with Crippen LogP contribution < -0.4 is 5.32 Å². The minimum absolute atomic E-state index is 0.0884. The zero-order chi connectivity index (χ0) is 14.7. The number of amides is 1. The number of hydrogen-bond donors (Lipinski definition) is 2. The summed E-state index contributed by atoms with van der Waals surface area (Å²) in [6, 6.07) is 12.0. The van der Waals surface area contributed by atoms with Crippen LogP contribution in [0, 0.1) is 13.8 Å². The molecule has 20 heavy (non-hydrogen) atoms. The third kappa shape index (κ3) is 2.85. The number of carbonyl (C=O) groups is 2. The lowest BCUT2D eigenvalue weighted by Gasteiger charge is -2.11. The van der Waals surface area contributed by atoms with Crippen LogP contribution in [-0.4, -0.2) is 17.0 Å². The van der Waals surface area contributed by atoms with E-state index in [2.05, 4.69) is 5.32 Å². The van der Waals surface area contributed by atoms with Crippen molar-refractivity contribution in [3.8, 4) is 0 Å². The smallest absolute Gasteiger partial charge is 0.337 e. The van der Waals surface area contributed by atoms with Gasteiger partial charge in [0.2, 0.25) is 0 Å². The fourth-order valence-electron chi connectivity index (χ4n) is 1.90. The summed E-state index contributed by atoms with van der Waals surface area (Å²) in [6.45, 7) is 3.70. The van der Waals surface area contributed by atoms with Crippen molar-refractivity contribution < 1.29 is 14.7 Å². The molecule has 0 heterocycles. The number of carboxylic acids is 1. The molecule has 2 aromatic rings. The summed E-state index contributed by atoms with van der Waals surface area (Å²) in [5.74, 6) is -1.38. The zero-order valence-corrected chi connectivity index (χ0v) is 11.3. The van der Waals surface area contributed by atoms with Gasteiger partial charge in [-0.2, -0.15) is 0 Å². The van der Waals surface area contributed by atoms with Crippen LogP contribution in [0.4, 0.5) is 5.69 Å². The lowest BCUT2D eigenvalue weighted by molar-refractivity contribution is 0.0698. The maximum Gasteiger partial charge on any atom is 0.337 e. The van der Waals surface area contributed by atoms with E-state index in [1.807, 2.05) is 19.1 Å². The number of aryl methyl sites for hydroxylation is 2. The van der Waals surface area contributed by atoms with Gasteiger partial charge in [0.05, 0.1) is 11.3 Å². The highest BCUT2D eigenvalue weighted by Crippen LogP contribution is 2.21. The molecule has 1 amide bonds. The Kier molecular flexibility index (Phi) is 3.84. The number of rotatable bonds is 3. The van der Waals surface area contributed by atoms with Crippen molar-refractivity contribution in [3.05, 3.63) is 64.7 Å². The fraction of sp³-hybridized carbons (Fsp3) is 0.125. The van der Waals surface area contributed by atoms with Gasteiger partial charge in [0.1, 0.15) is 0 Å². The van der Waals surface area contributed by atoms with Gasteiger partial charge in [0.15, 0.2) is 0 Å². The van der Waals surface area contributed by atoms with Gasteiger partial charge in [-0.25, -0.2) is 4.79 Å². The molecule has 2 aromatic carbocycles. The Labute approximate surface area is 117 Å². The topological polar surface area (TPSA) is 66.4 Å². The highest BCUT2D eigenvalue weighted by atomic mass is 16.4. The van der Waals surface area contributed by atoms with Gasteiger partial charge in [-0.05, 0) is 37.6 Å². The third-order valence-corrected chi connectivity index (χ3v) is 3.06. The minimum atomic E-state index is -1.06. The van der Waals surface area contributed by atoms with Crippen LogP contribution in [0.1, 0.15) is 31.8 Å². The molecule has 4 heteroatoms. The van der Waals surface area contributed by atoms with Gasteiger partial charge in [-0.3, -0.25) is 4.79 Å². The van der Waals surface area contributed by atoms with Crippen molar-refractivity contribution in [2.75, 3.05) is 5.32 Å². The molecule has 0 aliphatic rings. The zero-order valence-electron chi connectivity index (χ0n) is 11.3. The molecule has 2 N–H and O–H groups in total. The van der Waals surface area contributed by atoms with Crippen LogP contribution in [0.2, 0.25) is 0 Å². The first-order chi connectivity index (χ1) is 9.49. The molecule has 0 atom stereocenters. The first kappa shape index (κ1) is 13.8. The average Bonchev–Trinajstić information content (AvgIpc) is 2.41. The van der Waals surface area contributed by atoms with Crippen LogP contribution in [0.25, 0.3) is 0 Å². The second-order valence-corrected chi connectivity index (χ2v) is 4.62. The normalized spacial score (nSPS) is 10.1. The van der Waals surface area contributed by atoms with Gasteiger partial charge in [0.25, 0.3) is 5.91 Å². The van der Waals surface area contributed by atoms with E-state index in [4.69, 9.17) is 5.11 Å². The Morgan fingerprint density at radius 3 is 2.25 bits per heavy atom. The molecule has 0 bridgehead atoms. The molecular weight excluding hydrogens is 254 g/mol. The van der Waals surface area contributed by atoms with Gasteiger partial charge >= 0.3 is 5.97 Å². The molecule has 0 radical (unpaired) electrons. The standard InChI is InChI=1S/C16H15NO3/c1-10-6-8-12(9-7-10)15(18)17-14-11(2)4-3-5-13(14)16(19)20/h3-9H,1-2H3,(H,17,18)(H,19,20). The fourth-order valence-corrected chi connectivity index (χ4v) is 1.90. The molecule has 2 rings (SSSR count). The van der Waals surface area contributed by atoms with Gasteiger partial charge < -0.3 is 10.4 Å². The Morgan fingerprint density at radius 1 is 1.00 bits per heavy atom. The first-order valence-electron chi connectivity index (χ1n) is 6.20. The Bertz CT molecular complexity index is 660. The molecule has 0 aromatic heterocycles. The average molecular weight is 269 g/mol. The molecule has 0 saturated heterocycles. The Balaban J connectivity index is 2.32. The predicted molar refractivity (Wildman–Crippen MR) is 77.3 cm³/mol. The van der Waals surface area contributed by atoms with Crippen LogP contribution in [-0.2, 0) is 0 Å². The second kappa shape index (κ2) is 5.57. The summed E-state index contributed by atoms with van der Waals surface area (Å²) < 4.78 is 0. The number of hydrogen-bond acceptors (Lipinski definition) is 2. The van der Waals surface area contributed by atoms with Gasteiger partial charge in [-0.15, -0.1) is 0 Å². The lowest BCUT2D eigenvalue weighted by Crippen LogP contribution is -2.15. The largest absolute Gasteiger partial charge is 0.478 e. The van der Waals surface area contributed by atoms with E-state index in [1.165, 1.54) is 6.07 Å². The number of para-hydroxylation sites is 1. The molecular formula is C16H15NO3. The van der Waals surface area contributed by atoms with Gasteiger partial charge in [-0.1, -0.05) is 29.8 Å². The van der Waals surface area contributed by atoms with Crippen molar-refractivity contribution >= 4 is 17.6 Å². The minimum Gasteiger partial charge on any atom is -0.478 e. The van der Waals surface area contributed by atoms with Crippen molar-refractivity contribution in [3.63, 3.8) is 0 Å². The number of aromatic carboxylic acids is 1. The summed E-state index contributed by atoms with van der Waals surface area (Å²) in [5, 5.41) is 11.8. The van der Waals surface area contributed by atoms with E-state index < -0.39 is 5.97 Å². The highest BCUT2D eigenvalue weighted by Gasteiger charge is 2.15. The molecule has 0 spiro atoms. The first-order valence-corrected chi connectivity index (χ1v) is 6.20. The molecule has 0 unspecified atom stereocenters. The predicted octanol–water partition coefficient (Wildman–Crippen LogP) is 3.25. The third-order valence-electron chi connectivity index (χ3n) is 3.06. The van der Waals surface area contributed by atoms with Crippen LogP contribution in [0.5, 0.6) is 0 Å². The molecule has 0 saturated carbocycles.